The van der Waals surface area contributed by atoms with Gasteiger partial charge in [0.15, 0.2) is 0 Å². The minimum absolute atomic E-state index is 0.00506. The molecule has 0 radical (unpaired) electrons. The number of aryl methyl sites for hydroxylation is 1. The molecule has 1 N–H and O–H groups in total. The first-order valence-electron chi connectivity index (χ1n) is 7.79. The van der Waals surface area contributed by atoms with Crippen molar-refractivity contribution in [2.75, 3.05) is 13.1 Å². The van der Waals surface area contributed by atoms with E-state index in [1.807, 2.05) is 0 Å². The summed E-state index contributed by atoms with van der Waals surface area (Å²) in [5, 5.41) is 3.65. The third-order valence-electron chi connectivity index (χ3n) is 5.15. The van der Waals surface area contributed by atoms with Crippen LogP contribution in [0, 0.1) is 0 Å². The van der Waals surface area contributed by atoms with Gasteiger partial charge >= 0.3 is 0 Å². The van der Waals surface area contributed by atoms with Crippen LogP contribution in [-0.2, 0) is 17.6 Å². The Labute approximate surface area is 130 Å². The van der Waals surface area contributed by atoms with Gasteiger partial charge in [-0.1, -0.05) is 35.8 Å². The fourth-order valence-corrected chi connectivity index (χ4v) is 4.14. The topological polar surface area (TPSA) is 21.3 Å². The molecule has 0 aromatic heterocycles. The van der Waals surface area contributed by atoms with Crippen LogP contribution in [0.5, 0.6) is 0 Å². The number of fused-ring (bicyclic) bond motifs is 1. The zero-order valence-electron chi connectivity index (χ0n) is 12.5. The highest BCUT2D eigenvalue weighted by Gasteiger charge is 2.45. The molecule has 1 aliphatic heterocycles. The van der Waals surface area contributed by atoms with Crippen LogP contribution in [-0.4, -0.2) is 24.3 Å². The predicted molar refractivity (Wildman–Crippen MR) is 86.2 cm³/mol. The van der Waals surface area contributed by atoms with Crippen molar-refractivity contribution in [1.29, 1.82) is 0 Å². The Hall–Kier alpha value is -0.380. The molecule has 20 heavy (non-hydrogen) atoms. The fraction of sp³-hybridized carbons (Fsp3) is 0.647. The number of hydrogen-bond donors (Lipinski definition) is 1. The molecule has 1 aromatic carbocycles. The lowest BCUT2D eigenvalue weighted by atomic mass is 9.78. The van der Waals surface area contributed by atoms with E-state index in [1.54, 1.807) is 0 Å². The van der Waals surface area contributed by atoms with Gasteiger partial charge in [0.2, 0.25) is 0 Å². The zero-order valence-corrected chi connectivity index (χ0v) is 14.1. The Bertz CT molecular complexity index is 498. The van der Waals surface area contributed by atoms with Crippen molar-refractivity contribution < 1.29 is 4.74 Å². The number of nitrogens with one attached hydrogen (secondary N) is 1. The predicted octanol–water partition coefficient (Wildman–Crippen LogP) is 3.86. The molecule has 2 aliphatic rings. The van der Waals surface area contributed by atoms with E-state index >= 15 is 0 Å². The third kappa shape index (κ3) is 2.56. The normalized spacial score (nSPS) is 28.4. The second kappa shape index (κ2) is 5.43. The summed E-state index contributed by atoms with van der Waals surface area (Å²) < 4.78 is 7.90. The summed E-state index contributed by atoms with van der Waals surface area (Å²) in [6.45, 7) is 6.48. The SMILES string of the molecule is CCC1(CC)CNCC2(CCc3cc(Br)ccc3C2)O1. The van der Waals surface area contributed by atoms with Crippen molar-refractivity contribution in [1.82, 2.24) is 5.32 Å². The zero-order chi connectivity index (χ0) is 14.2. The number of hydrogen-bond acceptors (Lipinski definition) is 2. The quantitative estimate of drug-likeness (QED) is 0.884. The van der Waals surface area contributed by atoms with Crippen molar-refractivity contribution in [2.45, 2.75) is 57.2 Å². The van der Waals surface area contributed by atoms with Gasteiger partial charge in [-0.2, -0.15) is 0 Å². The van der Waals surface area contributed by atoms with Gasteiger partial charge in [0, 0.05) is 24.0 Å². The molecule has 1 aliphatic carbocycles. The standard InChI is InChI=1S/C17H24BrNO/c1-3-16(4-2)11-19-12-17(20-16)8-7-13-9-15(18)6-5-14(13)10-17/h5-6,9,19H,3-4,7-8,10-12H2,1-2H3. The van der Waals surface area contributed by atoms with Crippen molar-refractivity contribution in [3.63, 3.8) is 0 Å². The lowest BCUT2D eigenvalue weighted by molar-refractivity contribution is -0.186. The van der Waals surface area contributed by atoms with Crippen LogP contribution in [0.3, 0.4) is 0 Å². The Morgan fingerprint density at radius 3 is 2.75 bits per heavy atom. The second-order valence-corrected chi connectivity index (χ2v) is 7.28. The minimum atomic E-state index is 0.00506. The average Bonchev–Trinajstić information content (AvgIpc) is 2.48. The number of benzene rings is 1. The molecule has 2 nitrogen and oxygen atoms in total. The molecule has 1 unspecified atom stereocenters. The summed E-state index contributed by atoms with van der Waals surface area (Å²) in [7, 11) is 0. The van der Waals surface area contributed by atoms with Crippen LogP contribution < -0.4 is 5.32 Å². The molecule has 3 rings (SSSR count). The molecular weight excluding hydrogens is 314 g/mol. The summed E-state index contributed by atoms with van der Waals surface area (Å²) in [4.78, 5) is 0. The van der Waals surface area contributed by atoms with Gasteiger partial charge in [-0.3, -0.25) is 0 Å². The first-order valence-corrected chi connectivity index (χ1v) is 8.58. The van der Waals surface area contributed by atoms with Gasteiger partial charge in [0.1, 0.15) is 0 Å². The Morgan fingerprint density at radius 2 is 2.00 bits per heavy atom. The van der Waals surface area contributed by atoms with E-state index in [9.17, 15) is 0 Å². The Kier molecular flexibility index (Phi) is 3.95. The molecule has 110 valence electrons. The van der Waals surface area contributed by atoms with Crippen molar-refractivity contribution in [2.24, 2.45) is 0 Å². The summed E-state index contributed by atoms with van der Waals surface area (Å²) in [6.07, 6.45) is 5.48. The van der Waals surface area contributed by atoms with Crippen LogP contribution in [0.25, 0.3) is 0 Å². The van der Waals surface area contributed by atoms with Crippen LogP contribution in [0.4, 0.5) is 0 Å². The van der Waals surface area contributed by atoms with E-state index in [0.29, 0.717) is 0 Å². The highest BCUT2D eigenvalue weighted by atomic mass is 79.9. The first kappa shape index (κ1) is 14.6. The third-order valence-corrected chi connectivity index (χ3v) is 5.64. The maximum absolute atomic E-state index is 6.71. The average molecular weight is 338 g/mol. The summed E-state index contributed by atoms with van der Waals surface area (Å²) in [6, 6.07) is 6.68. The number of ether oxygens (including phenoxy) is 1. The number of morpholine rings is 1. The molecule has 0 amide bonds. The maximum atomic E-state index is 6.71. The van der Waals surface area contributed by atoms with Gasteiger partial charge in [-0.25, -0.2) is 0 Å². The molecule has 1 aromatic rings. The van der Waals surface area contributed by atoms with E-state index in [2.05, 4.69) is 53.3 Å². The van der Waals surface area contributed by atoms with Gasteiger partial charge in [-0.15, -0.1) is 0 Å². The van der Waals surface area contributed by atoms with Crippen LogP contribution in [0.2, 0.25) is 0 Å². The number of rotatable bonds is 2. The van der Waals surface area contributed by atoms with E-state index in [4.69, 9.17) is 4.74 Å². The summed E-state index contributed by atoms with van der Waals surface area (Å²) >= 11 is 3.57. The maximum Gasteiger partial charge on any atom is 0.0857 e. The monoisotopic (exact) mass is 337 g/mol. The molecule has 0 bridgehead atoms. The van der Waals surface area contributed by atoms with E-state index in [1.165, 1.54) is 15.6 Å². The second-order valence-electron chi connectivity index (χ2n) is 6.37. The van der Waals surface area contributed by atoms with Gasteiger partial charge in [-0.05, 0) is 48.9 Å². The van der Waals surface area contributed by atoms with Crippen LogP contribution >= 0.6 is 15.9 Å². The molecule has 1 fully saturated rings. The summed E-state index contributed by atoms with van der Waals surface area (Å²) in [5.74, 6) is 0. The first-order chi connectivity index (χ1) is 9.60. The van der Waals surface area contributed by atoms with Gasteiger partial charge < -0.3 is 10.1 Å². The van der Waals surface area contributed by atoms with Gasteiger partial charge in [0.05, 0.1) is 11.2 Å². The van der Waals surface area contributed by atoms with Crippen LogP contribution in [0.15, 0.2) is 22.7 Å². The molecule has 1 saturated heterocycles. The Morgan fingerprint density at radius 1 is 1.20 bits per heavy atom. The van der Waals surface area contributed by atoms with Crippen molar-refractivity contribution in [3.8, 4) is 0 Å². The molecule has 1 atom stereocenters. The fourth-order valence-electron chi connectivity index (χ4n) is 3.73. The van der Waals surface area contributed by atoms with E-state index < -0.39 is 0 Å². The smallest absolute Gasteiger partial charge is 0.0857 e. The molecule has 3 heteroatoms. The lowest BCUT2D eigenvalue weighted by Crippen LogP contribution is -2.61. The van der Waals surface area contributed by atoms with E-state index in [0.717, 1.165) is 45.2 Å². The largest absolute Gasteiger partial charge is 0.366 e. The van der Waals surface area contributed by atoms with Crippen LogP contribution in [0.1, 0.15) is 44.2 Å². The number of halogens is 1. The molecule has 1 heterocycles. The van der Waals surface area contributed by atoms with Gasteiger partial charge in [0.25, 0.3) is 0 Å². The lowest BCUT2D eigenvalue weighted by Gasteiger charge is -2.50. The molecule has 1 spiro atoms. The Balaban J connectivity index is 1.86. The highest BCUT2D eigenvalue weighted by Crippen LogP contribution is 2.39. The van der Waals surface area contributed by atoms with Crippen molar-refractivity contribution in [3.05, 3.63) is 33.8 Å². The minimum Gasteiger partial charge on any atom is -0.366 e. The van der Waals surface area contributed by atoms with Crippen molar-refractivity contribution >= 4 is 15.9 Å². The molecule has 0 saturated carbocycles. The molecular formula is C17H24BrNO. The highest BCUT2D eigenvalue weighted by molar-refractivity contribution is 9.10. The summed E-state index contributed by atoms with van der Waals surface area (Å²) in [5.41, 5.74) is 2.98. The van der Waals surface area contributed by atoms with E-state index in [-0.39, 0.29) is 11.2 Å².